The average molecular weight is 331 g/mol. The summed E-state index contributed by atoms with van der Waals surface area (Å²) >= 11 is 0. The van der Waals surface area contributed by atoms with E-state index in [0.29, 0.717) is 6.07 Å². The molecule has 3 rings (SSSR count). The number of rotatable bonds is 2. The van der Waals surface area contributed by atoms with E-state index in [0.717, 1.165) is 6.07 Å². The number of fused-ring (bicyclic) bond motifs is 1. The summed E-state index contributed by atoms with van der Waals surface area (Å²) in [4.78, 5) is 14.5. The maximum Gasteiger partial charge on any atom is 0.418 e. The zero-order valence-corrected chi connectivity index (χ0v) is 11.7. The Kier molecular flexibility index (Phi) is 3.14. The molecule has 23 heavy (non-hydrogen) atoms. The minimum atomic E-state index is -4.82. The number of hydrogen-bond acceptors (Lipinski definition) is 2. The molecule has 1 N–H and O–H groups in total. The molecule has 1 aliphatic rings. The van der Waals surface area contributed by atoms with Crippen LogP contribution < -0.4 is 0 Å². The molecule has 1 atom stereocenters. The van der Waals surface area contributed by atoms with Gasteiger partial charge in [0.05, 0.1) is 17.0 Å². The van der Waals surface area contributed by atoms with E-state index in [4.69, 9.17) is 5.11 Å². The fourth-order valence-corrected chi connectivity index (χ4v) is 2.62. The van der Waals surface area contributed by atoms with E-state index < -0.39 is 47.2 Å². The van der Waals surface area contributed by atoms with E-state index in [1.165, 1.54) is 13.0 Å². The molecule has 2 aromatic rings. The fraction of sp³-hybridized carbons (Fsp3) is 0.333. The molecule has 1 aromatic carbocycles. The summed E-state index contributed by atoms with van der Waals surface area (Å²) in [6.45, 7) is 1.42. The van der Waals surface area contributed by atoms with Gasteiger partial charge in [-0.1, -0.05) is 0 Å². The van der Waals surface area contributed by atoms with Crippen LogP contribution in [0.3, 0.4) is 0 Å². The van der Waals surface area contributed by atoms with Gasteiger partial charge in [-0.3, -0.25) is 0 Å². The number of carboxylic acid groups (broad SMARTS) is 1. The molecule has 0 amide bonds. The number of carboxylic acids is 1. The first-order chi connectivity index (χ1) is 10.5. The van der Waals surface area contributed by atoms with Gasteiger partial charge >= 0.3 is 12.1 Å². The van der Waals surface area contributed by atoms with Crippen molar-refractivity contribution in [2.24, 2.45) is 0 Å². The molecule has 0 radical (unpaired) electrons. The van der Waals surface area contributed by atoms with E-state index in [1.807, 2.05) is 0 Å². The van der Waals surface area contributed by atoms with Gasteiger partial charge in [-0.15, -0.1) is 0 Å². The van der Waals surface area contributed by atoms with E-state index in [-0.39, 0.29) is 16.5 Å². The van der Waals surface area contributed by atoms with Crippen molar-refractivity contribution >= 4 is 16.9 Å². The summed E-state index contributed by atoms with van der Waals surface area (Å²) in [7, 11) is 0. The number of alkyl halides is 5. The normalized spacial score (nSPS) is 19.8. The van der Waals surface area contributed by atoms with E-state index >= 15 is 0 Å². The van der Waals surface area contributed by atoms with Crippen molar-refractivity contribution in [2.75, 3.05) is 0 Å². The number of hydrogen-bond donors (Lipinski definition) is 1. The highest BCUT2D eigenvalue weighted by Gasteiger charge is 2.58. The largest absolute Gasteiger partial charge is 0.477 e. The number of benzene rings is 1. The van der Waals surface area contributed by atoms with Crippen molar-refractivity contribution in [3.05, 3.63) is 40.6 Å². The number of pyridine rings is 1. The first-order valence-electron chi connectivity index (χ1n) is 6.64. The molecule has 1 unspecified atom stereocenters. The number of carbonyl (C=O) groups is 1. The molecule has 0 bridgehead atoms. The molecule has 1 heterocycles. The van der Waals surface area contributed by atoms with Gasteiger partial charge in [0.2, 0.25) is 0 Å². The van der Waals surface area contributed by atoms with Gasteiger partial charge in [-0.25, -0.2) is 18.6 Å². The zero-order chi connectivity index (χ0) is 17.2. The van der Waals surface area contributed by atoms with Crippen molar-refractivity contribution in [3.8, 4) is 0 Å². The lowest BCUT2D eigenvalue weighted by Gasteiger charge is -2.14. The number of nitrogens with zero attached hydrogens (tertiary/aromatic N) is 1. The minimum Gasteiger partial charge on any atom is -0.477 e. The molecule has 0 spiro atoms. The summed E-state index contributed by atoms with van der Waals surface area (Å²) in [5, 5.41) is 8.97. The van der Waals surface area contributed by atoms with Gasteiger partial charge in [0, 0.05) is 11.8 Å². The second-order valence-electron chi connectivity index (χ2n) is 5.61. The summed E-state index contributed by atoms with van der Waals surface area (Å²) in [6, 6.07) is 3.01. The molecule has 1 fully saturated rings. The topological polar surface area (TPSA) is 50.2 Å². The third kappa shape index (κ3) is 2.62. The Bertz CT molecular complexity index is 829. The summed E-state index contributed by atoms with van der Waals surface area (Å²) in [5.74, 6) is -5.70. The lowest BCUT2D eigenvalue weighted by atomic mass is 9.98. The van der Waals surface area contributed by atoms with E-state index in [1.54, 1.807) is 0 Å². The highest BCUT2D eigenvalue weighted by Crippen LogP contribution is 2.56. The Balaban J connectivity index is 2.31. The summed E-state index contributed by atoms with van der Waals surface area (Å²) in [5.41, 5.74) is -2.13. The van der Waals surface area contributed by atoms with Crippen molar-refractivity contribution < 1.29 is 31.9 Å². The highest BCUT2D eigenvalue weighted by molar-refractivity contribution is 5.93. The second kappa shape index (κ2) is 4.62. The van der Waals surface area contributed by atoms with Crippen LogP contribution in [-0.2, 0) is 6.18 Å². The number of aryl methyl sites for hydroxylation is 1. The van der Waals surface area contributed by atoms with Crippen LogP contribution in [0, 0.1) is 6.92 Å². The van der Waals surface area contributed by atoms with Crippen LogP contribution in [0.25, 0.3) is 10.9 Å². The average Bonchev–Trinajstić information content (AvgIpc) is 3.05. The van der Waals surface area contributed by atoms with Gasteiger partial charge < -0.3 is 5.11 Å². The predicted molar refractivity (Wildman–Crippen MR) is 70.7 cm³/mol. The van der Waals surface area contributed by atoms with Gasteiger partial charge in [-0.05, 0) is 36.2 Å². The molecular formula is C15H10F5NO2. The number of aromatic carboxylic acids is 1. The van der Waals surface area contributed by atoms with Crippen LogP contribution in [-0.4, -0.2) is 22.0 Å². The van der Waals surface area contributed by atoms with Crippen LogP contribution in [0.4, 0.5) is 22.0 Å². The lowest BCUT2D eigenvalue weighted by molar-refractivity contribution is -0.136. The lowest BCUT2D eigenvalue weighted by Crippen LogP contribution is -2.10. The van der Waals surface area contributed by atoms with E-state index in [9.17, 15) is 26.7 Å². The smallest absolute Gasteiger partial charge is 0.418 e. The van der Waals surface area contributed by atoms with Crippen LogP contribution in [0.1, 0.15) is 39.5 Å². The van der Waals surface area contributed by atoms with Crippen molar-refractivity contribution in [3.63, 3.8) is 0 Å². The Labute approximate surface area is 126 Å². The second-order valence-corrected chi connectivity index (χ2v) is 5.61. The molecule has 3 nitrogen and oxygen atoms in total. The molecule has 1 saturated carbocycles. The standard InChI is InChI=1S/C15H10F5NO2/c1-6-2-11(13(22)23)21-12-8(6)3-7(10-5-14(10,16)17)4-9(12)15(18,19)20/h2-4,10H,5H2,1H3,(H,22,23). The van der Waals surface area contributed by atoms with Crippen molar-refractivity contribution in [2.45, 2.75) is 31.4 Å². The van der Waals surface area contributed by atoms with E-state index in [2.05, 4.69) is 4.98 Å². The quantitative estimate of drug-likeness (QED) is 0.831. The Morgan fingerprint density at radius 1 is 1.30 bits per heavy atom. The first kappa shape index (κ1) is 15.6. The van der Waals surface area contributed by atoms with Crippen molar-refractivity contribution in [1.82, 2.24) is 4.98 Å². The van der Waals surface area contributed by atoms with Crippen LogP contribution >= 0.6 is 0 Å². The molecule has 0 saturated heterocycles. The third-order valence-electron chi connectivity index (χ3n) is 3.90. The van der Waals surface area contributed by atoms with Gasteiger partial charge in [-0.2, -0.15) is 13.2 Å². The Morgan fingerprint density at radius 2 is 1.91 bits per heavy atom. The Morgan fingerprint density at radius 3 is 2.39 bits per heavy atom. The van der Waals surface area contributed by atoms with Gasteiger partial charge in [0.15, 0.2) is 0 Å². The number of halogens is 5. The molecule has 1 aliphatic carbocycles. The summed E-state index contributed by atoms with van der Waals surface area (Å²) in [6.07, 6.45) is -5.31. The number of aromatic nitrogens is 1. The monoisotopic (exact) mass is 331 g/mol. The van der Waals surface area contributed by atoms with Gasteiger partial charge in [0.25, 0.3) is 5.92 Å². The highest BCUT2D eigenvalue weighted by atomic mass is 19.4. The van der Waals surface area contributed by atoms with Gasteiger partial charge in [0.1, 0.15) is 5.69 Å². The Hall–Kier alpha value is -2.25. The first-order valence-corrected chi connectivity index (χ1v) is 6.64. The molecular weight excluding hydrogens is 321 g/mol. The molecule has 122 valence electrons. The van der Waals surface area contributed by atoms with Crippen LogP contribution in [0.2, 0.25) is 0 Å². The predicted octanol–water partition coefficient (Wildman–Crippen LogP) is 4.38. The van der Waals surface area contributed by atoms with Crippen molar-refractivity contribution in [1.29, 1.82) is 0 Å². The maximum absolute atomic E-state index is 13.3. The zero-order valence-electron chi connectivity index (χ0n) is 11.7. The summed E-state index contributed by atoms with van der Waals surface area (Å²) < 4.78 is 66.2. The maximum atomic E-state index is 13.3. The van der Waals surface area contributed by atoms with Crippen LogP contribution in [0.5, 0.6) is 0 Å². The SMILES string of the molecule is Cc1cc(C(=O)O)nc2c(C(F)(F)F)cc(C3CC3(F)F)cc12. The molecule has 0 aliphatic heterocycles. The fourth-order valence-electron chi connectivity index (χ4n) is 2.62. The molecule has 8 heteroatoms. The van der Waals surface area contributed by atoms with Crippen LogP contribution in [0.15, 0.2) is 18.2 Å². The molecule has 1 aromatic heterocycles. The minimum absolute atomic E-state index is 0.0301. The third-order valence-corrected chi connectivity index (χ3v) is 3.90.